The summed E-state index contributed by atoms with van der Waals surface area (Å²) in [7, 11) is 1.52. The molecule has 2 aromatic carbocycles. The Kier molecular flexibility index (Phi) is 4.06. The predicted octanol–water partition coefficient (Wildman–Crippen LogP) is 3.25. The van der Waals surface area contributed by atoms with Gasteiger partial charge in [0.05, 0.1) is 11.0 Å². The van der Waals surface area contributed by atoms with E-state index < -0.39 is 6.09 Å². The second-order valence-corrected chi connectivity index (χ2v) is 7.11. The number of H-pyrrole nitrogens is 2. The van der Waals surface area contributed by atoms with Crippen LogP contribution in [0.2, 0.25) is 0 Å². The van der Waals surface area contributed by atoms with Crippen molar-refractivity contribution in [2.24, 2.45) is 0 Å². The van der Waals surface area contributed by atoms with E-state index >= 15 is 0 Å². The molecule has 0 spiro atoms. The number of aryl methyl sites for hydroxylation is 1. The zero-order valence-electron chi connectivity index (χ0n) is 16.1. The molecule has 5 rings (SSSR count). The summed E-state index contributed by atoms with van der Waals surface area (Å²) in [4.78, 5) is 20.0. The summed E-state index contributed by atoms with van der Waals surface area (Å²) < 4.78 is 5.57. The smallest absolute Gasteiger partial charge is 0.405 e. The molecule has 1 amide bonds. The molecule has 0 aliphatic carbocycles. The molecular formula is C21H20N6O2. The van der Waals surface area contributed by atoms with Crippen molar-refractivity contribution in [3.05, 3.63) is 53.1 Å². The van der Waals surface area contributed by atoms with Gasteiger partial charge in [-0.05, 0) is 30.2 Å². The highest BCUT2D eigenvalue weighted by Gasteiger charge is 2.23. The van der Waals surface area contributed by atoms with Crippen LogP contribution in [0.25, 0.3) is 33.8 Å². The lowest BCUT2D eigenvalue weighted by molar-refractivity contribution is 0.203. The van der Waals surface area contributed by atoms with E-state index in [2.05, 4.69) is 37.9 Å². The molecule has 0 atom stereocenters. The summed E-state index contributed by atoms with van der Waals surface area (Å²) >= 11 is 0. The van der Waals surface area contributed by atoms with Crippen LogP contribution in [0.4, 0.5) is 4.79 Å². The van der Waals surface area contributed by atoms with E-state index in [9.17, 15) is 4.79 Å². The number of rotatable bonds is 3. The first-order chi connectivity index (χ1) is 14.1. The normalized spacial score (nSPS) is 12.9. The maximum atomic E-state index is 12.0. The summed E-state index contributed by atoms with van der Waals surface area (Å²) in [6, 6.07) is 12.1. The number of carbonyl (C=O) groups is 1. The van der Waals surface area contributed by atoms with Crippen molar-refractivity contribution in [1.82, 2.24) is 30.8 Å². The first-order valence-electron chi connectivity index (χ1n) is 9.40. The van der Waals surface area contributed by atoms with Crippen molar-refractivity contribution in [3.8, 4) is 28.5 Å². The highest BCUT2D eigenvalue weighted by Crippen LogP contribution is 2.37. The molecule has 0 saturated carbocycles. The van der Waals surface area contributed by atoms with Crippen LogP contribution in [-0.2, 0) is 13.1 Å². The average molecular weight is 388 g/mol. The highest BCUT2D eigenvalue weighted by atomic mass is 16.6. The molecular weight excluding hydrogens is 368 g/mol. The first-order valence-corrected chi connectivity index (χ1v) is 9.40. The Bertz CT molecular complexity index is 1180. The van der Waals surface area contributed by atoms with Gasteiger partial charge in [0.1, 0.15) is 11.4 Å². The molecule has 4 aromatic rings. The third kappa shape index (κ3) is 3.03. The standard InChI is InChI=1S/C21H20N6O2/c1-11-3-5-12(6-4-11)17-19(29-21(28)22-2)18(27-26-17)20-24-15-7-13-9-23-10-14(13)8-16(15)25-20/h3-8,23H,9-10H2,1-2H3,(H,22,28)(H,24,25)(H,26,27). The number of aromatic amines is 2. The minimum atomic E-state index is -0.567. The van der Waals surface area contributed by atoms with E-state index in [1.165, 1.54) is 18.2 Å². The summed E-state index contributed by atoms with van der Waals surface area (Å²) in [5.41, 5.74) is 7.37. The SMILES string of the molecule is CNC(=O)Oc1c(-c2ccc(C)cc2)n[nH]c1-c1nc2cc3c(cc2[nH]1)CNC3. The molecule has 3 heterocycles. The second kappa shape index (κ2) is 6.75. The molecule has 0 fully saturated rings. The maximum Gasteiger partial charge on any atom is 0.412 e. The van der Waals surface area contributed by atoms with Crippen LogP contribution in [0.3, 0.4) is 0 Å². The van der Waals surface area contributed by atoms with E-state index in [4.69, 9.17) is 9.72 Å². The molecule has 1 aliphatic heterocycles. The van der Waals surface area contributed by atoms with E-state index in [-0.39, 0.29) is 0 Å². The molecule has 29 heavy (non-hydrogen) atoms. The van der Waals surface area contributed by atoms with Gasteiger partial charge in [-0.15, -0.1) is 0 Å². The van der Waals surface area contributed by atoms with Gasteiger partial charge >= 0.3 is 6.09 Å². The third-order valence-corrected chi connectivity index (χ3v) is 5.12. The Morgan fingerprint density at radius 3 is 2.66 bits per heavy atom. The molecule has 0 bridgehead atoms. The van der Waals surface area contributed by atoms with Crippen molar-refractivity contribution >= 4 is 17.1 Å². The maximum absolute atomic E-state index is 12.0. The second-order valence-electron chi connectivity index (χ2n) is 7.11. The van der Waals surface area contributed by atoms with Gasteiger partial charge < -0.3 is 20.4 Å². The van der Waals surface area contributed by atoms with Crippen LogP contribution in [0.5, 0.6) is 5.75 Å². The van der Waals surface area contributed by atoms with Crippen LogP contribution >= 0.6 is 0 Å². The van der Waals surface area contributed by atoms with Crippen LogP contribution in [0.1, 0.15) is 16.7 Å². The lowest BCUT2D eigenvalue weighted by Gasteiger charge is -2.06. The van der Waals surface area contributed by atoms with Gasteiger partial charge in [-0.1, -0.05) is 29.8 Å². The lowest BCUT2D eigenvalue weighted by Crippen LogP contribution is -2.22. The first kappa shape index (κ1) is 17.4. The van der Waals surface area contributed by atoms with Gasteiger partial charge in [0.25, 0.3) is 0 Å². The highest BCUT2D eigenvalue weighted by molar-refractivity contribution is 5.85. The molecule has 0 saturated heterocycles. The zero-order chi connectivity index (χ0) is 20.0. The largest absolute Gasteiger partial charge is 0.412 e. The van der Waals surface area contributed by atoms with Gasteiger partial charge in [-0.3, -0.25) is 5.10 Å². The fourth-order valence-electron chi connectivity index (χ4n) is 3.57. The number of fused-ring (bicyclic) bond motifs is 2. The molecule has 146 valence electrons. The fourth-order valence-corrected chi connectivity index (χ4v) is 3.57. The van der Waals surface area contributed by atoms with Crippen molar-refractivity contribution in [2.75, 3.05) is 7.05 Å². The fraction of sp³-hybridized carbons (Fsp3) is 0.190. The molecule has 2 aromatic heterocycles. The van der Waals surface area contributed by atoms with Gasteiger partial charge in [-0.2, -0.15) is 5.10 Å². The number of hydrogen-bond acceptors (Lipinski definition) is 5. The van der Waals surface area contributed by atoms with E-state index in [1.807, 2.05) is 31.2 Å². The molecule has 0 radical (unpaired) electrons. The van der Waals surface area contributed by atoms with Crippen LogP contribution in [0, 0.1) is 6.92 Å². The Labute approximate surface area is 166 Å². The Morgan fingerprint density at radius 1 is 1.14 bits per heavy atom. The van der Waals surface area contributed by atoms with Gasteiger partial charge in [0.15, 0.2) is 11.6 Å². The lowest BCUT2D eigenvalue weighted by atomic mass is 10.1. The molecule has 0 unspecified atom stereocenters. The van der Waals surface area contributed by atoms with Gasteiger partial charge in [0.2, 0.25) is 0 Å². The third-order valence-electron chi connectivity index (χ3n) is 5.12. The van der Waals surface area contributed by atoms with Crippen LogP contribution in [0.15, 0.2) is 36.4 Å². The van der Waals surface area contributed by atoms with Crippen LogP contribution in [-0.4, -0.2) is 33.3 Å². The van der Waals surface area contributed by atoms with E-state index in [0.717, 1.165) is 35.2 Å². The average Bonchev–Trinajstić information content (AvgIpc) is 3.44. The number of ether oxygens (including phenoxy) is 1. The number of hydrogen-bond donors (Lipinski definition) is 4. The Balaban J connectivity index is 1.63. The number of nitrogens with zero attached hydrogens (tertiary/aromatic N) is 2. The predicted molar refractivity (Wildman–Crippen MR) is 109 cm³/mol. The van der Waals surface area contributed by atoms with Gasteiger partial charge in [-0.25, -0.2) is 9.78 Å². The molecule has 8 heteroatoms. The number of benzene rings is 2. The quantitative estimate of drug-likeness (QED) is 0.431. The monoisotopic (exact) mass is 388 g/mol. The number of carbonyl (C=O) groups excluding carboxylic acids is 1. The summed E-state index contributed by atoms with van der Waals surface area (Å²) in [5.74, 6) is 0.905. The van der Waals surface area contributed by atoms with Crippen molar-refractivity contribution in [3.63, 3.8) is 0 Å². The Morgan fingerprint density at radius 2 is 1.90 bits per heavy atom. The number of amides is 1. The number of nitrogens with one attached hydrogen (secondary N) is 4. The molecule has 4 N–H and O–H groups in total. The number of imidazole rings is 1. The van der Waals surface area contributed by atoms with Crippen molar-refractivity contribution in [2.45, 2.75) is 20.0 Å². The molecule has 1 aliphatic rings. The van der Waals surface area contributed by atoms with Crippen molar-refractivity contribution < 1.29 is 9.53 Å². The van der Waals surface area contributed by atoms with Crippen LogP contribution < -0.4 is 15.4 Å². The minimum Gasteiger partial charge on any atom is -0.405 e. The summed E-state index contributed by atoms with van der Waals surface area (Å²) in [6.07, 6.45) is -0.567. The summed E-state index contributed by atoms with van der Waals surface area (Å²) in [6.45, 7) is 3.72. The van der Waals surface area contributed by atoms with E-state index in [1.54, 1.807) is 0 Å². The summed E-state index contributed by atoms with van der Waals surface area (Å²) in [5, 5.41) is 13.2. The van der Waals surface area contributed by atoms with Gasteiger partial charge in [0, 0.05) is 25.7 Å². The minimum absolute atomic E-state index is 0.335. The van der Waals surface area contributed by atoms with E-state index in [0.29, 0.717) is 23.0 Å². The zero-order valence-corrected chi connectivity index (χ0v) is 16.1. The van der Waals surface area contributed by atoms with Crippen molar-refractivity contribution in [1.29, 1.82) is 0 Å². The molecule has 8 nitrogen and oxygen atoms in total. The topological polar surface area (TPSA) is 108 Å². The number of aromatic nitrogens is 4. The Hall–Kier alpha value is -3.65.